The first kappa shape index (κ1) is 37.0. The minimum atomic E-state index is -1.21. The number of ether oxygens (including phenoxy) is 2. The van der Waals surface area contributed by atoms with Gasteiger partial charge in [-0.2, -0.15) is 0 Å². The molecule has 258 valence electrons. The second kappa shape index (κ2) is 17.5. The van der Waals surface area contributed by atoms with Crippen LogP contribution in [-0.4, -0.2) is 51.6 Å². The average Bonchev–Trinajstić information content (AvgIpc) is 3.08. The first-order valence-corrected chi connectivity index (χ1v) is 14.9. The summed E-state index contributed by atoms with van der Waals surface area (Å²) < 4.78 is 10.9. The van der Waals surface area contributed by atoms with Gasteiger partial charge in [-0.25, -0.2) is 4.79 Å². The van der Waals surface area contributed by atoms with E-state index in [2.05, 4.69) is 6.92 Å². The van der Waals surface area contributed by atoms with Crippen LogP contribution in [0.2, 0.25) is 0 Å². The normalized spacial score (nSPS) is 10.3. The lowest BCUT2D eigenvalue weighted by atomic mass is 10.1. The topological polar surface area (TPSA) is 218 Å². The summed E-state index contributed by atoms with van der Waals surface area (Å²) in [4.78, 5) is 45.4. The molecule has 0 unspecified atom stereocenters. The molecule has 3 N–H and O–H groups in total. The van der Waals surface area contributed by atoms with Crippen LogP contribution < -0.4 is 20.1 Å². The fraction of sp³-hybridized carbons (Fsp3) is 0.242. The zero-order valence-corrected chi connectivity index (χ0v) is 27.1. The minimum absolute atomic E-state index is 0.0787. The largest absolute Gasteiger partial charge is 0.497 e. The number of phenolic OH excluding ortho intramolecular Hbond substituents is 1. The van der Waals surface area contributed by atoms with Crippen LogP contribution in [0.3, 0.4) is 0 Å². The lowest BCUT2D eigenvalue weighted by Gasteiger charge is -2.31. The molecule has 0 fully saturated rings. The lowest BCUT2D eigenvalue weighted by Crippen LogP contribution is -2.43. The molecule has 0 aliphatic carbocycles. The number of amides is 2. The Labute approximate surface area is 281 Å². The highest BCUT2D eigenvalue weighted by Crippen LogP contribution is 2.39. The van der Waals surface area contributed by atoms with Crippen molar-refractivity contribution in [3.8, 4) is 17.2 Å². The van der Waals surface area contributed by atoms with Crippen LogP contribution in [0.15, 0.2) is 84.9 Å². The van der Waals surface area contributed by atoms with E-state index >= 15 is 0 Å². The van der Waals surface area contributed by atoms with E-state index in [4.69, 9.17) is 20.3 Å². The standard InChI is InChI=1S/C27H33N3O3.C6H3N3O7/c1-4-5-14-29(19-21-10-7-6-8-11-21)27(31)30(20-22-12-9-13-23(28)15-22)24-16-25(32-2)18-26(17-24)33-3;10-6-4(8(13)14)1-3(7(11)12)2-5(6)9(15)16/h6-13,15-18H,4-5,14,19-20,28H2,1-3H3;1-2,10H. The van der Waals surface area contributed by atoms with Crippen LogP contribution in [0.5, 0.6) is 17.2 Å². The van der Waals surface area contributed by atoms with Crippen molar-refractivity contribution in [2.24, 2.45) is 0 Å². The van der Waals surface area contributed by atoms with Gasteiger partial charge in [-0.1, -0.05) is 55.8 Å². The number of aromatic hydroxyl groups is 1. The monoisotopic (exact) mass is 676 g/mol. The summed E-state index contributed by atoms with van der Waals surface area (Å²) in [6, 6.07) is 24.0. The van der Waals surface area contributed by atoms with Gasteiger partial charge in [0.15, 0.2) is 0 Å². The molecular formula is C33H36N6O10. The Morgan fingerprint density at radius 2 is 1.35 bits per heavy atom. The molecule has 0 saturated carbocycles. The smallest absolute Gasteiger partial charge is 0.325 e. The molecule has 4 aromatic rings. The molecule has 16 heteroatoms. The molecule has 0 heterocycles. The van der Waals surface area contributed by atoms with Crippen molar-refractivity contribution >= 4 is 34.5 Å². The molecule has 0 aliphatic rings. The summed E-state index contributed by atoms with van der Waals surface area (Å²) in [7, 11) is 3.21. The van der Waals surface area contributed by atoms with Crippen LogP contribution in [0.25, 0.3) is 0 Å². The van der Waals surface area contributed by atoms with E-state index in [0.717, 1.165) is 24.0 Å². The van der Waals surface area contributed by atoms with Crippen LogP contribution in [0, 0.1) is 30.3 Å². The first-order chi connectivity index (χ1) is 23.4. The van der Waals surface area contributed by atoms with Crippen molar-refractivity contribution in [1.29, 1.82) is 0 Å². The lowest BCUT2D eigenvalue weighted by molar-refractivity contribution is -0.404. The second-order valence-corrected chi connectivity index (χ2v) is 10.5. The van der Waals surface area contributed by atoms with Gasteiger partial charge in [0, 0.05) is 37.0 Å². The second-order valence-electron chi connectivity index (χ2n) is 10.5. The van der Waals surface area contributed by atoms with Gasteiger partial charge in [-0.15, -0.1) is 0 Å². The van der Waals surface area contributed by atoms with E-state index in [9.17, 15) is 35.1 Å². The van der Waals surface area contributed by atoms with Crippen molar-refractivity contribution in [3.63, 3.8) is 0 Å². The molecule has 16 nitrogen and oxygen atoms in total. The van der Waals surface area contributed by atoms with E-state index < -0.39 is 37.6 Å². The van der Waals surface area contributed by atoms with Gasteiger partial charge in [0.05, 0.1) is 53.4 Å². The third-order valence-electron chi connectivity index (χ3n) is 7.10. The number of nitro benzene ring substituents is 3. The minimum Gasteiger partial charge on any atom is -0.497 e. The van der Waals surface area contributed by atoms with E-state index in [1.54, 1.807) is 25.2 Å². The number of nitro groups is 3. The van der Waals surface area contributed by atoms with Crippen molar-refractivity contribution in [2.45, 2.75) is 32.9 Å². The Morgan fingerprint density at radius 1 is 0.776 bits per heavy atom. The molecule has 0 aliphatic heterocycles. The molecule has 0 aromatic heterocycles. The molecule has 4 aromatic carbocycles. The number of rotatable bonds is 13. The Morgan fingerprint density at radius 3 is 1.84 bits per heavy atom. The Bertz CT molecular complexity index is 1730. The summed E-state index contributed by atoms with van der Waals surface area (Å²) in [5.74, 6) is 0.0383. The number of nitrogens with zero attached hydrogens (tertiary/aromatic N) is 5. The van der Waals surface area contributed by atoms with Crippen LogP contribution in [0.1, 0.15) is 30.9 Å². The molecule has 2 amide bonds. The van der Waals surface area contributed by atoms with Crippen molar-refractivity contribution in [2.75, 3.05) is 31.4 Å². The molecule has 0 spiro atoms. The molecule has 49 heavy (non-hydrogen) atoms. The number of carbonyl (C=O) groups is 1. The molecule has 0 saturated heterocycles. The number of non-ortho nitro benzene ring substituents is 1. The number of nitrogen functional groups attached to an aromatic ring is 1. The van der Waals surface area contributed by atoms with E-state index in [-0.39, 0.29) is 6.03 Å². The van der Waals surface area contributed by atoms with Gasteiger partial charge < -0.3 is 25.2 Å². The van der Waals surface area contributed by atoms with E-state index in [1.165, 1.54) is 0 Å². The van der Waals surface area contributed by atoms with Crippen LogP contribution in [0.4, 0.5) is 33.2 Å². The van der Waals surface area contributed by atoms with E-state index in [0.29, 0.717) is 54.6 Å². The number of anilines is 2. The highest BCUT2D eigenvalue weighted by molar-refractivity contribution is 5.92. The number of benzene rings is 4. The quantitative estimate of drug-likeness (QED) is 0.0849. The van der Waals surface area contributed by atoms with Gasteiger partial charge in [0.25, 0.3) is 11.4 Å². The SMILES string of the molecule is CCCCN(Cc1ccccc1)C(=O)N(Cc1cccc(N)c1)c1cc(OC)cc(OC)c1.O=[N+]([O-])c1cc([N+](=O)[O-])c(O)c([N+](=O)[O-])c1. The Balaban J connectivity index is 0.000000341. The zero-order valence-electron chi connectivity index (χ0n) is 27.1. The number of urea groups is 1. The Kier molecular flexibility index (Phi) is 13.2. The summed E-state index contributed by atoms with van der Waals surface area (Å²) >= 11 is 0. The average molecular weight is 677 g/mol. The highest BCUT2D eigenvalue weighted by atomic mass is 16.6. The summed E-state index contributed by atoms with van der Waals surface area (Å²) in [5, 5.41) is 40.2. The predicted molar refractivity (Wildman–Crippen MR) is 182 cm³/mol. The number of hydrogen-bond acceptors (Lipinski definition) is 11. The van der Waals surface area contributed by atoms with Crippen LogP contribution >= 0.6 is 0 Å². The molecular weight excluding hydrogens is 640 g/mol. The maximum absolute atomic E-state index is 14.0. The van der Waals surface area contributed by atoms with E-state index in [1.807, 2.05) is 71.6 Å². The predicted octanol–water partition coefficient (Wildman–Crippen LogP) is 6.83. The first-order valence-electron chi connectivity index (χ1n) is 14.9. The van der Waals surface area contributed by atoms with Crippen molar-refractivity contribution in [1.82, 2.24) is 4.90 Å². The fourth-order valence-corrected chi connectivity index (χ4v) is 4.63. The third-order valence-corrected chi connectivity index (χ3v) is 7.10. The number of nitrogens with two attached hydrogens (primary N) is 1. The van der Waals surface area contributed by atoms with Crippen molar-refractivity contribution in [3.05, 3.63) is 126 Å². The maximum Gasteiger partial charge on any atom is 0.325 e. The molecule has 0 radical (unpaired) electrons. The van der Waals surface area contributed by atoms with Gasteiger partial charge >= 0.3 is 17.4 Å². The van der Waals surface area contributed by atoms with Gasteiger partial charge in [-0.05, 0) is 29.7 Å². The zero-order chi connectivity index (χ0) is 36.1. The van der Waals surface area contributed by atoms with Gasteiger partial charge in [0.1, 0.15) is 11.5 Å². The van der Waals surface area contributed by atoms with Gasteiger partial charge in [-0.3, -0.25) is 35.2 Å². The number of hydrogen-bond donors (Lipinski definition) is 2. The molecule has 0 atom stereocenters. The summed E-state index contributed by atoms with van der Waals surface area (Å²) in [6.45, 7) is 3.70. The molecule has 4 rings (SSSR count). The highest BCUT2D eigenvalue weighted by Gasteiger charge is 2.30. The maximum atomic E-state index is 14.0. The molecule has 0 bridgehead atoms. The van der Waals surface area contributed by atoms with Crippen molar-refractivity contribution < 1.29 is 34.1 Å². The summed E-state index contributed by atoms with van der Waals surface area (Å²) in [5.41, 5.74) is 6.41. The Hall–Kier alpha value is -6.45. The number of methoxy groups -OCH3 is 2. The fourth-order valence-electron chi connectivity index (χ4n) is 4.63. The number of phenols is 1. The number of carbonyl (C=O) groups excluding carboxylic acids is 1. The third kappa shape index (κ3) is 10.3. The van der Waals surface area contributed by atoms with Gasteiger partial charge in [0.2, 0.25) is 0 Å². The number of unbranched alkanes of at least 4 members (excludes halogenated alkanes) is 1. The van der Waals surface area contributed by atoms with Crippen LogP contribution in [-0.2, 0) is 13.1 Å². The summed E-state index contributed by atoms with van der Waals surface area (Å²) in [6.07, 6.45) is 1.92.